The number of hydrogen-bond donors (Lipinski definition) is 2. The molecule has 1 aromatic rings. The van der Waals surface area contributed by atoms with Gasteiger partial charge in [-0.3, -0.25) is 0 Å². The van der Waals surface area contributed by atoms with Crippen LogP contribution >= 0.6 is 11.3 Å². The van der Waals surface area contributed by atoms with Crippen molar-refractivity contribution in [3.8, 4) is 0 Å². The van der Waals surface area contributed by atoms with Crippen molar-refractivity contribution in [2.45, 2.75) is 45.8 Å². The quantitative estimate of drug-likeness (QED) is 0.808. The zero-order valence-electron chi connectivity index (χ0n) is 9.11. The fourth-order valence-electron chi connectivity index (χ4n) is 1.31. The molecule has 0 aromatic carbocycles. The molecule has 14 heavy (non-hydrogen) atoms. The Morgan fingerprint density at radius 3 is 2.29 bits per heavy atom. The van der Waals surface area contributed by atoms with Gasteiger partial charge in [-0.1, -0.05) is 13.8 Å². The number of aliphatic hydroxyl groups is 1. The minimum Gasteiger partial charge on any atom is -0.391 e. The molecule has 1 aromatic heterocycles. The van der Waals surface area contributed by atoms with E-state index in [0.29, 0.717) is 5.92 Å². The van der Waals surface area contributed by atoms with Crippen LogP contribution in [0.25, 0.3) is 0 Å². The summed E-state index contributed by atoms with van der Waals surface area (Å²) in [6.45, 7) is 7.96. The number of rotatable bonds is 3. The van der Waals surface area contributed by atoms with E-state index in [1.807, 2.05) is 6.92 Å². The molecule has 0 bridgehead atoms. The first-order chi connectivity index (χ1) is 6.43. The van der Waals surface area contributed by atoms with Crippen molar-refractivity contribution in [3.05, 3.63) is 15.6 Å². The van der Waals surface area contributed by atoms with Crippen molar-refractivity contribution in [1.29, 1.82) is 0 Å². The van der Waals surface area contributed by atoms with E-state index in [-0.39, 0.29) is 6.04 Å². The maximum absolute atomic E-state index is 9.35. The second-order valence-corrected chi connectivity index (χ2v) is 4.99. The normalized spacial score (nSPS) is 15.9. The van der Waals surface area contributed by atoms with Gasteiger partial charge in [0.25, 0.3) is 0 Å². The summed E-state index contributed by atoms with van der Waals surface area (Å²) >= 11 is 1.61. The standard InChI is InChI=1S/C10H18N2OS/c1-5(2)9-6(3)12-10(14-9)8(11)7(4)13/h5,7-8,13H,11H2,1-4H3. The van der Waals surface area contributed by atoms with Crippen LogP contribution in [-0.4, -0.2) is 16.2 Å². The van der Waals surface area contributed by atoms with Gasteiger partial charge in [-0.15, -0.1) is 11.3 Å². The van der Waals surface area contributed by atoms with Crippen molar-refractivity contribution in [1.82, 2.24) is 4.98 Å². The van der Waals surface area contributed by atoms with Crippen molar-refractivity contribution in [2.24, 2.45) is 5.73 Å². The largest absolute Gasteiger partial charge is 0.391 e. The summed E-state index contributed by atoms with van der Waals surface area (Å²) in [7, 11) is 0. The average molecular weight is 214 g/mol. The van der Waals surface area contributed by atoms with E-state index in [1.54, 1.807) is 18.3 Å². The monoisotopic (exact) mass is 214 g/mol. The molecule has 0 spiro atoms. The Morgan fingerprint density at radius 2 is 1.93 bits per heavy atom. The summed E-state index contributed by atoms with van der Waals surface area (Å²) in [5.41, 5.74) is 6.86. The first-order valence-corrected chi connectivity index (χ1v) is 5.66. The molecule has 0 saturated carbocycles. The summed E-state index contributed by atoms with van der Waals surface area (Å²) in [6.07, 6.45) is -0.541. The highest BCUT2D eigenvalue weighted by Crippen LogP contribution is 2.29. The highest BCUT2D eigenvalue weighted by atomic mass is 32.1. The third-order valence-corrected chi connectivity index (χ3v) is 3.74. The molecular weight excluding hydrogens is 196 g/mol. The molecular formula is C10H18N2OS. The lowest BCUT2D eigenvalue weighted by atomic mass is 10.1. The maximum atomic E-state index is 9.35. The van der Waals surface area contributed by atoms with Gasteiger partial charge in [0.1, 0.15) is 5.01 Å². The number of aliphatic hydroxyl groups excluding tert-OH is 1. The molecule has 3 nitrogen and oxygen atoms in total. The Kier molecular flexibility index (Phi) is 3.64. The molecule has 0 aliphatic rings. The van der Waals surface area contributed by atoms with E-state index in [0.717, 1.165) is 10.7 Å². The number of nitrogens with two attached hydrogens (primary N) is 1. The van der Waals surface area contributed by atoms with Gasteiger partial charge in [0, 0.05) is 4.88 Å². The predicted molar refractivity (Wildman–Crippen MR) is 59.5 cm³/mol. The Morgan fingerprint density at radius 1 is 1.36 bits per heavy atom. The van der Waals surface area contributed by atoms with E-state index in [2.05, 4.69) is 18.8 Å². The maximum Gasteiger partial charge on any atom is 0.113 e. The van der Waals surface area contributed by atoms with Crippen LogP contribution in [0.5, 0.6) is 0 Å². The lowest BCUT2D eigenvalue weighted by Crippen LogP contribution is -2.22. The molecule has 0 radical (unpaired) electrons. The van der Waals surface area contributed by atoms with Gasteiger partial charge in [0.15, 0.2) is 0 Å². The van der Waals surface area contributed by atoms with Crippen molar-refractivity contribution in [2.75, 3.05) is 0 Å². The van der Waals surface area contributed by atoms with Gasteiger partial charge >= 0.3 is 0 Å². The Bertz CT molecular complexity index is 307. The third kappa shape index (κ3) is 2.32. The number of hydrogen-bond acceptors (Lipinski definition) is 4. The number of thiazole rings is 1. The van der Waals surface area contributed by atoms with E-state index >= 15 is 0 Å². The molecule has 0 aliphatic carbocycles. The molecule has 0 amide bonds. The van der Waals surface area contributed by atoms with Crippen LogP contribution in [0.3, 0.4) is 0 Å². The van der Waals surface area contributed by atoms with Crippen molar-refractivity contribution < 1.29 is 5.11 Å². The minimum absolute atomic E-state index is 0.355. The lowest BCUT2D eigenvalue weighted by molar-refractivity contribution is 0.164. The number of nitrogens with zero attached hydrogens (tertiary/aromatic N) is 1. The first kappa shape index (κ1) is 11.6. The summed E-state index contributed by atoms with van der Waals surface area (Å²) < 4.78 is 0. The van der Waals surface area contributed by atoms with Gasteiger partial charge in [0.05, 0.1) is 17.8 Å². The molecule has 3 N–H and O–H groups in total. The Balaban J connectivity index is 2.96. The SMILES string of the molecule is Cc1nc(C(N)C(C)O)sc1C(C)C. The molecule has 2 unspecified atom stereocenters. The van der Waals surface area contributed by atoms with Gasteiger partial charge < -0.3 is 10.8 Å². The summed E-state index contributed by atoms with van der Waals surface area (Å²) in [4.78, 5) is 5.65. The Labute approximate surface area is 89.0 Å². The summed E-state index contributed by atoms with van der Waals surface area (Å²) in [6, 6.07) is -0.355. The predicted octanol–water partition coefficient (Wildman–Crippen LogP) is 1.96. The molecule has 0 saturated heterocycles. The van der Waals surface area contributed by atoms with Gasteiger partial charge in [0.2, 0.25) is 0 Å². The van der Waals surface area contributed by atoms with Gasteiger partial charge in [-0.05, 0) is 19.8 Å². The highest BCUT2D eigenvalue weighted by molar-refractivity contribution is 7.11. The molecule has 0 fully saturated rings. The molecule has 4 heteroatoms. The van der Waals surface area contributed by atoms with E-state index in [9.17, 15) is 5.11 Å². The molecule has 1 heterocycles. The fraction of sp³-hybridized carbons (Fsp3) is 0.700. The first-order valence-electron chi connectivity index (χ1n) is 4.84. The van der Waals surface area contributed by atoms with Crippen LogP contribution in [0.4, 0.5) is 0 Å². The van der Waals surface area contributed by atoms with Crippen LogP contribution in [0, 0.1) is 6.92 Å². The Hall–Kier alpha value is -0.450. The molecule has 1 rings (SSSR count). The second-order valence-electron chi connectivity index (χ2n) is 3.92. The fourth-order valence-corrected chi connectivity index (χ4v) is 2.48. The lowest BCUT2D eigenvalue weighted by Gasteiger charge is -2.10. The van der Waals surface area contributed by atoms with Crippen LogP contribution in [-0.2, 0) is 0 Å². The third-order valence-electron chi connectivity index (χ3n) is 2.18. The molecule has 0 aliphatic heterocycles. The smallest absolute Gasteiger partial charge is 0.113 e. The van der Waals surface area contributed by atoms with Crippen LogP contribution < -0.4 is 5.73 Å². The molecule has 2 atom stereocenters. The van der Waals surface area contributed by atoms with E-state index < -0.39 is 6.10 Å². The summed E-state index contributed by atoms with van der Waals surface area (Å²) in [5.74, 6) is 0.474. The molecule has 80 valence electrons. The zero-order valence-corrected chi connectivity index (χ0v) is 9.93. The van der Waals surface area contributed by atoms with Gasteiger partial charge in [-0.2, -0.15) is 0 Å². The van der Waals surface area contributed by atoms with E-state index in [1.165, 1.54) is 4.88 Å². The zero-order chi connectivity index (χ0) is 10.9. The van der Waals surface area contributed by atoms with Crippen molar-refractivity contribution >= 4 is 11.3 Å². The minimum atomic E-state index is -0.541. The highest BCUT2D eigenvalue weighted by Gasteiger charge is 2.19. The van der Waals surface area contributed by atoms with Crippen LogP contribution in [0.2, 0.25) is 0 Å². The number of aromatic nitrogens is 1. The van der Waals surface area contributed by atoms with Gasteiger partial charge in [-0.25, -0.2) is 4.98 Å². The van der Waals surface area contributed by atoms with Crippen molar-refractivity contribution in [3.63, 3.8) is 0 Å². The summed E-state index contributed by atoms with van der Waals surface area (Å²) in [5, 5.41) is 10.2. The average Bonchev–Trinajstić information content (AvgIpc) is 2.45. The van der Waals surface area contributed by atoms with Crippen LogP contribution in [0.1, 0.15) is 48.3 Å². The second kappa shape index (κ2) is 4.38. The number of aryl methyl sites for hydroxylation is 1. The van der Waals surface area contributed by atoms with Crippen LogP contribution in [0.15, 0.2) is 0 Å². The topological polar surface area (TPSA) is 59.1 Å². The van der Waals surface area contributed by atoms with E-state index in [4.69, 9.17) is 5.73 Å².